The zero-order chi connectivity index (χ0) is 11.8. The average Bonchev–Trinajstić information content (AvgIpc) is 2.60. The van der Waals surface area contributed by atoms with Crippen molar-refractivity contribution in [1.29, 1.82) is 0 Å². The molecule has 0 aliphatic heterocycles. The van der Waals surface area contributed by atoms with Gasteiger partial charge in [-0.3, -0.25) is 0 Å². The van der Waals surface area contributed by atoms with Crippen molar-refractivity contribution < 1.29 is 0 Å². The maximum absolute atomic E-state index is 5.57. The quantitative estimate of drug-likeness (QED) is 0.867. The summed E-state index contributed by atoms with van der Waals surface area (Å²) in [5.74, 6) is 0. The molecule has 0 amide bonds. The molecule has 0 atom stereocenters. The van der Waals surface area contributed by atoms with Crippen molar-refractivity contribution in [3.05, 3.63) is 28.8 Å². The lowest BCUT2D eigenvalue weighted by Gasteiger charge is -2.13. The SMILES string of the molecule is CC(C)(C)c1nc2ccc(CCN)cc2s1. The Morgan fingerprint density at radius 1 is 1.31 bits per heavy atom. The number of hydrogen-bond acceptors (Lipinski definition) is 3. The van der Waals surface area contributed by atoms with Crippen molar-refractivity contribution in [2.45, 2.75) is 32.6 Å². The van der Waals surface area contributed by atoms with Gasteiger partial charge in [-0.15, -0.1) is 11.3 Å². The molecule has 86 valence electrons. The Morgan fingerprint density at radius 2 is 2.06 bits per heavy atom. The van der Waals surface area contributed by atoms with E-state index >= 15 is 0 Å². The summed E-state index contributed by atoms with van der Waals surface area (Å²) in [7, 11) is 0. The highest BCUT2D eigenvalue weighted by Crippen LogP contribution is 2.31. The van der Waals surface area contributed by atoms with Gasteiger partial charge in [0, 0.05) is 5.41 Å². The fourth-order valence-corrected chi connectivity index (χ4v) is 2.70. The zero-order valence-electron chi connectivity index (χ0n) is 10.1. The number of nitrogens with zero attached hydrogens (tertiary/aromatic N) is 1. The van der Waals surface area contributed by atoms with Gasteiger partial charge in [-0.25, -0.2) is 4.98 Å². The van der Waals surface area contributed by atoms with Gasteiger partial charge in [0.25, 0.3) is 0 Å². The Kier molecular flexibility index (Phi) is 3.00. The molecule has 0 saturated heterocycles. The lowest BCUT2D eigenvalue weighted by Crippen LogP contribution is -2.09. The molecule has 1 aromatic carbocycles. The molecule has 0 aliphatic carbocycles. The molecule has 2 nitrogen and oxygen atoms in total. The van der Waals surface area contributed by atoms with Crippen molar-refractivity contribution in [1.82, 2.24) is 4.98 Å². The molecule has 0 unspecified atom stereocenters. The molecule has 0 fully saturated rings. The van der Waals surface area contributed by atoms with E-state index in [2.05, 4.69) is 44.0 Å². The second kappa shape index (κ2) is 4.15. The number of aromatic nitrogens is 1. The van der Waals surface area contributed by atoms with Crippen LogP contribution in [-0.4, -0.2) is 11.5 Å². The second-order valence-corrected chi connectivity index (χ2v) is 6.14. The maximum Gasteiger partial charge on any atom is 0.0992 e. The summed E-state index contributed by atoms with van der Waals surface area (Å²) in [6.07, 6.45) is 0.943. The molecule has 0 saturated carbocycles. The Balaban J connectivity index is 2.46. The number of thiazole rings is 1. The normalized spacial score (nSPS) is 12.2. The van der Waals surface area contributed by atoms with E-state index in [4.69, 9.17) is 5.73 Å². The van der Waals surface area contributed by atoms with Crippen LogP contribution in [0.1, 0.15) is 31.3 Å². The van der Waals surface area contributed by atoms with Crippen LogP contribution in [0.25, 0.3) is 10.2 Å². The maximum atomic E-state index is 5.57. The Hall–Kier alpha value is -0.930. The summed E-state index contributed by atoms with van der Waals surface area (Å²) in [5, 5.41) is 1.20. The third kappa shape index (κ3) is 2.25. The van der Waals surface area contributed by atoms with E-state index in [0.29, 0.717) is 6.54 Å². The number of rotatable bonds is 2. The van der Waals surface area contributed by atoms with Crippen molar-refractivity contribution in [2.75, 3.05) is 6.54 Å². The van der Waals surface area contributed by atoms with E-state index in [0.717, 1.165) is 11.9 Å². The fourth-order valence-electron chi connectivity index (χ4n) is 1.61. The molecule has 3 heteroatoms. The Bertz CT molecular complexity index is 494. The molecule has 2 aromatic rings. The third-order valence-corrected chi connectivity index (χ3v) is 3.97. The molecule has 2 rings (SSSR count). The minimum absolute atomic E-state index is 0.137. The summed E-state index contributed by atoms with van der Waals surface area (Å²) in [5.41, 5.74) is 8.12. The van der Waals surface area contributed by atoms with Crippen LogP contribution in [0.5, 0.6) is 0 Å². The smallest absolute Gasteiger partial charge is 0.0992 e. The summed E-state index contributed by atoms with van der Waals surface area (Å²) in [4.78, 5) is 4.67. The molecule has 0 bridgehead atoms. The van der Waals surface area contributed by atoms with Crippen LogP contribution < -0.4 is 5.73 Å². The molecule has 0 radical (unpaired) electrons. The monoisotopic (exact) mass is 234 g/mol. The highest BCUT2D eigenvalue weighted by atomic mass is 32.1. The molecular formula is C13H18N2S. The fraction of sp³-hybridized carbons (Fsp3) is 0.462. The summed E-state index contributed by atoms with van der Waals surface area (Å²) < 4.78 is 1.27. The second-order valence-electron chi connectivity index (χ2n) is 5.11. The highest BCUT2D eigenvalue weighted by Gasteiger charge is 2.18. The Morgan fingerprint density at radius 3 is 2.69 bits per heavy atom. The van der Waals surface area contributed by atoms with Gasteiger partial charge >= 0.3 is 0 Å². The van der Waals surface area contributed by atoms with E-state index in [1.54, 1.807) is 11.3 Å². The van der Waals surface area contributed by atoms with Crippen molar-refractivity contribution in [3.8, 4) is 0 Å². The molecule has 1 aromatic heterocycles. The molecule has 1 heterocycles. The highest BCUT2D eigenvalue weighted by molar-refractivity contribution is 7.18. The topological polar surface area (TPSA) is 38.9 Å². The van der Waals surface area contributed by atoms with Gasteiger partial charge in [0.15, 0.2) is 0 Å². The lowest BCUT2D eigenvalue weighted by atomic mass is 9.98. The van der Waals surface area contributed by atoms with E-state index < -0.39 is 0 Å². The van der Waals surface area contributed by atoms with Gasteiger partial charge in [-0.2, -0.15) is 0 Å². The zero-order valence-corrected chi connectivity index (χ0v) is 10.9. The summed E-state index contributed by atoms with van der Waals surface area (Å²) in [6.45, 7) is 7.30. The van der Waals surface area contributed by atoms with Crippen LogP contribution in [0, 0.1) is 0 Å². The summed E-state index contributed by atoms with van der Waals surface area (Å²) in [6, 6.07) is 6.45. The van der Waals surface area contributed by atoms with Crippen LogP contribution in [0.2, 0.25) is 0 Å². The standard InChI is InChI=1S/C13H18N2S/c1-13(2,3)12-15-10-5-4-9(6-7-14)8-11(10)16-12/h4-5,8H,6-7,14H2,1-3H3. The number of hydrogen-bond donors (Lipinski definition) is 1. The first-order valence-electron chi connectivity index (χ1n) is 5.61. The molecular weight excluding hydrogens is 216 g/mol. The first kappa shape index (κ1) is 11.6. The predicted molar refractivity (Wildman–Crippen MR) is 71.1 cm³/mol. The van der Waals surface area contributed by atoms with Crippen molar-refractivity contribution in [2.24, 2.45) is 5.73 Å². The number of fused-ring (bicyclic) bond motifs is 1. The molecule has 0 spiro atoms. The number of benzene rings is 1. The largest absolute Gasteiger partial charge is 0.330 e. The van der Waals surface area contributed by atoms with E-state index in [-0.39, 0.29) is 5.41 Å². The molecule has 2 N–H and O–H groups in total. The van der Waals surface area contributed by atoms with Crippen LogP contribution in [-0.2, 0) is 11.8 Å². The van der Waals surface area contributed by atoms with Crippen LogP contribution >= 0.6 is 11.3 Å². The van der Waals surface area contributed by atoms with Crippen molar-refractivity contribution in [3.63, 3.8) is 0 Å². The lowest BCUT2D eigenvalue weighted by molar-refractivity contribution is 0.587. The minimum Gasteiger partial charge on any atom is -0.330 e. The van der Waals surface area contributed by atoms with Gasteiger partial charge < -0.3 is 5.73 Å². The van der Waals surface area contributed by atoms with E-state index in [9.17, 15) is 0 Å². The molecule has 16 heavy (non-hydrogen) atoms. The van der Waals surface area contributed by atoms with Gasteiger partial charge in [-0.1, -0.05) is 26.8 Å². The first-order valence-corrected chi connectivity index (χ1v) is 6.42. The van der Waals surface area contributed by atoms with Gasteiger partial charge in [-0.05, 0) is 30.7 Å². The van der Waals surface area contributed by atoms with Crippen LogP contribution in [0.3, 0.4) is 0 Å². The Labute approximate surface area is 101 Å². The van der Waals surface area contributed by atoms with Gasteiger partial charge in [0.2, 0.25) is 0 Å². The third-order valence-electron chi connectivity index (χ3n) is 2.53. The van der Waals surface area contributed by atoms with E-state index in [1.165, 1.54) is 15.3 Å². The van der Waals surface area contributed by atoms with Gasteiger partial charge in [0.05, 0.1) is 15.2 Å². The van der Waals surface area contributed by atoms with Crippen LogP contribution in [0.4, 0.5) is 0 Å². The van der Waals surface area contributed by atoms with Crippen molar-refractivity contribution >= 4 is 21.6 Å². The van der Waals surface area contributed by atoms with Crippen LogP contribution in [0.15, 0.2) is 18.2 Å². The average molecular weight is 234 g/mol. The van der Waals surface area contributed by atoms with E-state index in [1.807, 2.05) is 0 Å². The predicted octanol–water partition coefficient (Wildman–Crippen LogP) is 3.10. The first-order chi connectivity index (χ1) is 7.50. The number of nitrogens with two attached hydrogens (primary N) is 1. The van der Waals surface area contributed by atoms with Gasteiger partial charge in [0.1, 0.15) is 0 Å². The summed E-state index contributed by atoms with van der Waals surface area (Å²) >= 11 is 1.79. The minimum atomic E-state index is 0.137. The molecule has 0 aliphatic rings.